The van der Waals surface area contributed by atoms with Crippen molar-refractivity contribution < 1.29 is 33.4 Å². The first-order valence-electron chi connectivity index (χ1n) is 16.7. The molecule has 10 heteroatoms. The molecular weight excluding hydrogens is 625 g/mol. The molecule has 0 fully saturated rings. The van der Waals surface area contributed by atoms with E-state index in [0.29, 0.717) is 18.4 Å². The molecule has 1 heterocycles. The SMILES string of the molecule is CC[C@H](C(=O)N[C@@H](C)C(=O)Cc1ccc(COC(=O)Nc2cc(C)c(C)cc2C(=O)N2C=C(c3ccc(F)cc3)C[C@H]2CO)cc1)C(C)C. The largest absolute Gasteiger partial charge is 0.444 e. The first-order valence-corrected chi connectivity index (χ1v) is 16.7. The summed E-state index contributed by atoms with van der Waals surface area (Å²) in [5, 5.41) is 15.6. The summed E-state index contributed by atoms with van der Waals surface area (Å²) in [5.41, 5.74) is 5.23. The molecule has 3 aromatic carbocycles. The van der Waals surface area contributed by atoms with Crippen molar-refractivity contribution in [3.05, 3.63) is 106 Å². The van der Waals surface area contributed by atoms with Crippen LogP contribution in [0.3, 0.4) is 0 Å². The fourth-order valence-corrected chi connectivity index (χ4v) is 5.91. The fourth-order valence-electron chi connectivity index (χ4n) is 5.91. The van der Waals surface area contributed by atoms with Crippen LogP contribution in [0.4, 0.5) is 14.9 Å². The Labute approximate surface area is 287 Å². The van der Waals surface area contributed by atoms with E-state index in [0.717, 1.165) is 27.8 Å². The molecule has 49 heavy (non-hydrogen) atoms. The second-order valence-electron chi connectivity index (χ2n) is 13.0. The summed E-state index contributed by atoms with van der Waals surface area (Å²) in [4.78, 5) is 53.6. The number of aryl methyl sites for hydroxylation is 2. The number of nitrogens with one attached hydrogen (secondary N) is 2. The van der Waals surface area contributed by atoms with Gasteiger partial charge in [-0.1, -0.05) is 57.2 Å². The number of halogens is 1. The van der Waals surface area contributed by atoms with Crippen molar-refractivity contribution in [2.45, 2.75) is 79.5 Å². The first kappa shape index (κ1) is 37.0. The van der Waals surface area contributed by atoms with Crippen LogP contribution < -0.4 is 10.6 Å². The monoisotopic (exact) mass is 671 g/mol. The highest BCUT2D eigenvalue weighted by Gasteiger charge is 2.32. The van der Waals surface area contributed by atoms with Crippen LogP contribution in [0.25, 0.3) is 5.57 Å². The van der Waals surface area contributed by atoms with E-state index in [1.807, 2.05) is 34.6 Å². The molecular formula is C39H46FN3O6. The number of rotatable bonds is 13. The lowest BCUT2D eigenvalue weighted by atomic mass is 9.92. The number of Topliss-reactive ketones (excluding diaryl/α,β-unsaturated/α-hetero) is 1. The molecule has 0 bridgehead atoms. The number of hydrogen-bond acceptors (Lipinski definition) is 6. The average molecular weight is 672 g/mol. The average Bonchev–Trinajstić information content (AvgIpc) is 3.50. The Kier molecular flexibility index (Phi) is 12.5. The molecule has 0 saturated carbocycles. The number of amides is 3. The van der Waals surface area contributed by atoms with Crippen molar-refractivity contribution in [2.24, 2.45) is 11.8 Å². The summed E-state index contributed by atoms with van der Waals surface area (Å²) >= 11 is 0. The summed E-state index contributed by atoms with van der Waals surface area (Å²) in [6, 6.07) is 15.3. The third kappa shape index (κ3) is 9.41. The van der Waals surface area contributed by atoms with E-state index in [9.17, 15) is 28.7 Å². The van der Waals surface area contributed by atoms with Crippen LogP contribution >= 0.6 is 0 Å². The highest BCUT2D eigenvalue weighted by molar-refractivity contribution is 6.04. The fraction of sp³-hybridized carbons (Fsp3) is 0.385. The van der Waals surface area contributed by atoms with Crippen LogP contribution in [0.1, 0.15) is 78.7 Å². The minimum absolute atomic E-state index is 0.0449. The van der Waals surface area contributed by atoms with Crippen molar-refractivity contribution in [3.8, 4) is 0 Å². The maximum Gasteiger partial charge on any atom is 0.411 e. The molecule has 3 N–H and O–H groups in total. The van der Waals surface area contributed by atoms with Gasteiger partial charge in [0, 0.05) is 18.5 Å². The Morgan fingerprint density at radius 1 is 0.959 bits per heavy atom. The van der Waals surface area contributed by atoms with E-state index in [4.69, 9.17) is 4.74 Å². The lowest BCUT2D eigenvalue weighted by Gasteiger charge is -2.23. The molecule has 0 spiro atoms. The molecule has 0 aromatic heterocycles. The number of anilines is 1. The molecule has 260 valence electrons. The summed E-state index contributed by atoms with van der Waals surface area (Å²) < 4.78 is 19.0. The molecule has 3 atom stereocenters. The highest BCUT2D eigenvalue weighted by atomic mass is 19.1. The van der Waals surface area contributed by atoms with Crippen LogP contribution in [0.2, 0.25) is 0 Å². The second kappa shape index (κ2) is 16.5. The number of aliphatic hydroxyl groups is 1. The smallest absolute Gasteiger partial charge is 0.411 e. The van der Waals surface area contributed by atoms with Gasteiger partial charge in [0.15, 0.2) is 5.78 Å². The molecule has 1 aliphatic rings. The van der Waals surface area contributed by atoms with Gasteiger partial charge in [0.05, 0.1) is 29.9 Å². The van der Waals surface area contributed by atoms with E-state index >= 15 is 0 Å². The van der Waals surface area contributed by atoms with Crippen molar-refractivity contribution >= 4 is 35.0 Å². The van der Waals surface area contributed by atoms with Crippen molar-refractivity contribution in [1.29, 1.82) is 0 Å². The van der Waals surface area contributed by atoms with Crippen molar-refractivity contribution in [3.63, 3.8) is 0 Å². The minimum Gasteiger partial charge on any atom is -0.444 e. The number of carbonyl (C=O) groups excluding carboxylic acids is 4. The van der Waals surface area contributed by atoms with Crippen LogP contribution in [0.15, 0.2) is 66.9 Å². The summed E-state index contributed by atoms with van der Waals surface area (Å²) in [5.74, 6) is -0.938. The van der Waals surface area contributed by atoms with E-state index < -0.39 is 24.1 Å². The number of aliphatic hydroxyl groups excluding tert-OH is 1. The van der Waals surface area contributed by atoms with E-state index in [1.165, 1.54) is 17.0 Å². The van der Waals surface area contributed by atoms with Gasteiger partial charge in [0.2, 0.25) is 5.91 Å². The lowest BCUT2D eigenvalue weighted by Crippen LogP contribution is -2.43. The van der Waals surface area contributed by atoms with E-state index in [2.05, 4.69) is 10.6 Å². The molecule has 0 saturated heterocycles. The van der Waals surface area contributed by atoms with Gasteiger partial charge in [0.1, 0.15) is 12.4 Å². The maximum absolute atomic E-state index is 13.8. The number of ether oxygens (including phenoxy) is 1. The third-order valence-corrected chi connectivity index (χ3v) is 9.10. The van der Waals surface area contributed by atoms with Gasteiger partial charge < -0.3 is 20.1 Å². The molecule has 4 rings (SSSR count). The Morgan fingerprint density at radius 3 is 2.20 bits per heavy atom. The molecule has 3 aromatic rings. The molecule has 9 nitrogen and oxygen atoms in total. The zero-order valence-corrected chi connectivity index (χ0v) is 29.0. The van der Waals surface area contributed by atoms with E-state index in [1.54, 1.807) is 61.7 Å². The lowest BCUT2D eigenvalue weighted by molar-refractivity contribution is -0.130. The zero-order chi connectivity index (χ0) is 35.8. The normalized spacial score (nSPS) is 15.4. The van der Waals surface area contributed by atoms with Crippen LogP contribution in [0.5, 0.6) is 0 Å². The Morgan fingerprint density at radius 2 is 1.59 bits per heavy atom. The third-order valence-electron chi connectivity index (χ3n) is 9.10. The minimum atomic E-state index is -0.754. The molecule has 0 aliphatic carbocycles. The Balaban J connectivity index is 1.38. The molecule has 0 radical (unpaired) electrons. The second-order valence-corrected chi connectivity index (χ2v) is 13.0. The number of carbonyl (C=O) groups is 4. The van der Waals surface area contributed by atoms with Crippen molar-refractivity contribution in [1.82, 2.24) is 10.2 Å². The Hall–Kier alpha value is -4.83. The number of nitrogens with zero attached hydrogens (tertiary/aromatic N) is 1. The highest BCUT2D eigenvalue weighted by Crippen LogP contribution is 2.33. The summed E-state index contributed by atoms with van der Waals surface area (Å²) in [7, 11) is 0. The molecule has 1 aliphatic heterocycles. The predicted molar refractivity (Wildman–Crippen MR) is 187 cm³/mol. The van der Waals surface area contributed by atoms with E-state index in [-0.39, 0.29) is 60.2 Å². The zero-order valence-electron chi connectivity index (χ0n) is 29.0. The van der Waals surface area contributed by atoms with Crippen molar-refractivity contribution in [2.75, 3.05) is 11.9 Å². The number of benzene rings is 3. The van der Waals surface area contributed by atoms with Gasteiger partial charge in [-0.3, -0.25) is 19.7 Å². The summed E-state index contributed by atoms with van der Waals surface area (Å²) in [6.07, 6.45) is 2.16. The number of ketones is 1. The standard InChI is InChI=1S/C39H46FN3O6/c1-7-33(23(2)3)37(46)41-26(6)36(45)18-27-8-10-28(11-9-27)22-49-39(48)42-35-17-25(5)24(4)16-34(35)38(47)43-20-30(19-32(43)21-44)29-12-14-31(40)15-13-29/h8-17,20,23,26,32-33,44H,7,18-19,21-22H2,1-6H3,(H,41,46)(H,42,48)/t26-,32-,33-/m0/s1. The predicted octanol–water partition coefficient (Wildman–Crippen LogP) is 6.74. The molecule has 0 unspecified atom stereocenters. The van der Waals surface area contributed by atoms with Gasteiger partial charge in [0.25, 0.3) is 5.91 Å². The van der Waals surface area contributed by atoms with Crippen LogP contribution in [-0.4, -0.2) is 52.4 Å². The van der Waals surface area contributed by atoms with Crippen LogP contribution in [0, 0.1) is 31.5 Å². The summed E-state index contributed by atoms with van der Waals surface area (Å²) in [6.45, 7) is 11.1. The first-order chi connectivity index (χ1) is 23.3. The van der Waals surface area contributed by atoms with Gasteiger partial charge in [-0.25, -0.2) is 9.18 Å². The quantitative estimate of drug-likeness (QED) is 0.185. The molecule has 3 amide bonds. The van der Waals surface area contributed by atoms with Gasteiger partial charge >= 0.3 is 6.09 Å². The topological polar surface area (TPSA) is 125 Å². The maximum atomic E-state index is 13.8. The van der Waals surface area contributed by atoms with Gasteiger partial charge in [-0.15, -0.1) is 0 Å². The Bertz CT molecular complexity index is 1700. The van der Waals surface area contributed by atoms with Crippen LogP contribution in [-0.2, 0) is 27.4 Å². The number of hydrogen-bond donors (Lipinski definition) is 3. The van der Waals surface area contributed by atoms with Gasteiger partial charge in [-0.05, 0) is 97.2 Å². The van der Waals surface area contributed by atoms with Gasteiger partial charge in [-0.2, -0.15) is 0 Å².